The fourth-order valence-electron chi connectivity index (χ4n) is 1.82. The van der Waals surface area contributed by atoms with E-state index in [0.717, 1.165) is 12.5 Å². The fraction of sp³-hybridized carbons (Fsp3) is 0.500. The van der Waals surface area contributed by atoms with Gasteiger partial charge in [0, 0.05) is 19.3 Å². The summed E-state index contributed by atoms with van der Waals surface area (Å²) in [4.78, 5) is 6.85. The second-order valence-electron chi connectivity index (χ2n) is 4.55. The first-order valence-corrected chi connectivity index (χ1v) is 5.99. The number of aromatic nitrogens is 1. The Kier molecular flexibility index (Phi) is 3.51. The lowest BCUT2D eigenvalue weighted by molar-refractivity contribution is 0.313. The van der Waals surface area contributed by atoms with Crippen molar-refractivity contribution in [2.75, 3.05) is 13.6 Å². The third-order valence-electron chi connectivity index (χ3n) is 2.80. The summed E-state index contributed by atoms with van der Waals surface area (Å²) in [6.07, 6.45) is 4.55. The first kappa shape index (κ1) is 11.5. The Balaban J connectivity index is 1.96. The van der Waals surface area contributed by atoms with Crippen molar-refractivity contribution in [2.45, 2.75) is 19.4 Å². The SMILES string of the molecule is CN(Cc1ccnc(C(N)=S)c1)CC1CC1. The monoisotopic (exact) mass is 235 g/mol. The van der Waals surface area contributed by atoms with Gasteiger partial charge in [-0.1, -0.05) is 12.2 Å². The molecule has 0 aliphatic heterocycles. The quantitative estimate of drug-likeness (QED) is 0.786. The van der Waals surface area contributed by atoms with Gasteiger partial charge in [-0.15, -0.1) is 0 Å². The van der Waals surface area contributed by atoms with Gasteiger partial charge in [0.15, 0.2) is 0 Å². The largest absolute Gasteiger partial charge is 0.388 e. The van der Waals surface area contributed by atoms with Crippen LogP contribution in [0.3, 0.4) is 0 Å². The number of nitrogens with two attached hydrogens (primary N) is 1. The Labute approximate surface area is 102 Å². The molecule has 1 aromatic rings. The smallest absolute Gasteiger partial charge is 0.122 e. The Morgan fingerprint density at radius 1 is 1.62 bits per heavy atom. The Hall–Kier alpha value is -1.00. The standard InChI is InChI=1S/C12H17N3S/c1-15(7-9-2-3-9)8-10-4-5-14-11(6-10)12(13)16/h4-6,9H,2-3,7-8H2,1H3,(H2,13,16). The van der Waals surface area contributed by atoms with Gasteiger partial charge in [-0.05, 0) is 43.5 Å². The maximum absolute atomic E-state index is 5.56. The predicted molar refractivity (Wildman–Crippen MR) is 69.2 cm³/mol. The molecule has 0 spiro atoms. The molecule has 3 nitrogen and oxygen atoms in total. The van der Waals surface area contributed by atoms with Crippen LogP contribution in [0.15, 0.2) is 18.3 Å². The van der Waals surface area contributed by atoms with Gasteiger partial charge < -0.3 is 10.6 Å². The van der Waals surface area contributed by atoms with E-state index in [1.165, 1.54) is 24.9 Å². The minimum Gasteiger partial charge on any atom is -0.388 e. The molecule has 0 aromatic carbocycles. The Morgan fingerprint density at radius 2 is 2.38 bits per heavy atom. The van der Waals surface area contributed by atoms with Gasteiger partial charge in [0.25, 0.3) is 0 Å². The zero-order valence-electron chi connectivity index (χ0n) is 9.52. The van der Waals surface area contributed by atoms with Crippen LogP contribution in [0.2, 0.25) is 0 Å². The number of thiocarbonyl (C=S) groups is 1. The van der Waals surface area contributed by atoms with Crippen molar-refractivity contribution in [1.29, 1.82) is 0 Å². The molecule has 0 saturated heterocycles. The van der Waals surface area contributed by atoms with Gasteiger partial charge in [0.05, 0.1) is 5.69 Å². The molecule has 4 heteroatoms. The van der Waals surface area contributed by atoms with Crippen LogP contribution >= 0.6 is 12.2 Å². The summed E-state index contributed by atoms with van der Waals surface area (Å²) in [5.41, 5.74) is 7.50. The van der Waals surface area contributed by atoms with Crippen LogP contribution in [0, 0.1) is 5.92 Å². The molecule has 0 atom stereocenters. The second-order valence-corrected chi connectivity index (χ2v) is 4.99. The highest BCUT2D eigenvalue weighted by molar-refractivity contribution is 7.80. The summed E-state index contributed by atoms with van der Waals surface area (Å²) in [5, 5.41) is 0. The second kappa shape index (κ2) is 4.89. The highest BCUT2D eigenvalue weighted by Gasteiger charge is 2.22. The number of nitrogens with zero attached hydrogens (tertiary/aromatic N) is 2. The van der Waals surface area contributed by atoms with Crippen LogP contribution in [-0.2, 0) is 6.54 Å². The molecule has 16 heavy (non-hydrogen) atoms. The van der Waals surface area contributed by atoms with Crippen molar-refractivity contribution in [3.05, 3.63) is 29.6 Å². The van der Waals surface area contributed by atoms with Crippen molar-refractivity contribution in [3.8, 4) is 0 Å². The molecule has 2 N–H and O–H groups in total. The molecule has 0 radical (unpaired) electrons. The molecule has 86 valence electrons. The zero-order valence-corrected chi connectivity index (χ0v) is 10.3. The molecule has 2 rings (SSSR count). The molecular weight excluding hydrogens is 218 g/mol. The van der Waals surface area contributed by atoms with Crippen molar-refractivity contribution in [3.63, 3.8) is 0 Å². The molecule has 1 aliphatic carbocycles. The molecule has 0 unspecified atom stereocenters. The normalized spacial score (nSPS) is 15.4. The zero-order chi connectivity index (χ0) is 11.5. The molecule has 1 heterocycles. The molecule has 1 aromatic heterocycles. The molecule has 1 aliphatic rings. The van der Waals surface area contributed by atoms with Crippen molar-refractivity contribution in [2.24, 2.45) is 11.7 Å². The van der Waals surface area contributed by atoms with Crippen molar-refractivity contribution >= 4 is 17.2 Å². The molecule has 1 fully saturated rings. The Bertz CT molecular complexity index is 388. The summed E-state index contributed by atoms with van der Waals surface area (Å²) >= 11 is 4.92. The maximum atomic E-state index is 5.56. The fourth-order valence-corrected chi connectivity index (χ4v) is 1.94. The van der Waals surface area contributed by atoms with Gasteiger partial charge in [-0.25, -0.2) is 0 Å². The Morgan fingerprint density at radius 3 is 3.00 bits per heavy atom. The van der Waals surface area contributed by atoms with E-state index in [1.54, 1.807) is 6.20 Å². The lowest BCUT2D eigenvalue weighted by atomic mass is 10.2. The predicted octanol–water partition coefficient (Wildman–Crippen LogP) is 1.56. The summed E-state index contributed by atoms with van der Waals surface area (Å²) in [5.74, 6) is 0.918. The van der Waals surface area contributed by atoms with E-state index in [4.69, 9.17) is 18.0 Å². The van der Waals surface area contributed by atoms with Gasteiger partial charge in [-0.3, -0.25) is 4.98 Å². The van der Waals surface area contributed by atoms with E-state index < -0.39 is 0 Å². The van der Waals surface area contributed by atoms with Crippen LogP contribution in [0.25, 0.3) is 0 Å². The lowest BCUT2D eigenvalue weighted by Gasteiger charge is -2.16. The van der Waals surface area contributed by atoms with Crippen LogP contribution in [0.1, 0.15) is 24.1 Å². The summed E-state index contributed by atoms with van der Waals surface area (Å²) < 4.78 is 0. The van der Waals surface area contributed by atoms with E-state index >= 15 is 0 Å². The van der Waals surface area contributed by atoms with E-state index in [1.807, 2.05) is 12.1 Å². The van der Waals surface area contributed by atoms with Gasteiger partial charge in [-0.2, -0.15) is 0 Å². The first-order valence-electron chi connectivity index (χ1n) is 5.58. The van der Waals surface area contributed by atoms with Gasteiger partial charge >= 0.3 is 0 Å². The average Bonchev–Trinajstić information content (AvgIpc) is 3.01. The van der Waals surface area contributed by atoms with Crippen molar-refractivity contribution in [1.82, 2.24) is 9.88 Å². The van der Waals surface area contributed by atoms with E-state index in [0.29, 0.717) is 10.7 Å². The third kappa shape index (κ3) is 3.25. The maximum Gasteiger partial charge on any atom is 0.122 e. The number of pyridine rings is 1. The van der Waals surface area contributed by atoms with Crippen molar-refractivity contribution < 1.29 is 0 Å². The highest BCUT2D eigenvalue weighted by atomic mass is 32.1. The molecule has 0 bridgehead atoms. The lowest BCUT2D eigenvalue weighted by Crippen LogP contribution is -2.21. The highest BCUT2D eigenvalue weighted by Crippen LogP contribution is 2.29. The van der Waals surface area contributed by atoms with Gasteiger partial charge in [0.1, 0.15) is 4.99 Å². The topological polar surface area (TPSA) is 42.2 Å². The van der Waals surface area contributed by atoms with Crippen LogP contribution in [0.5, 0.6) is 0 Å². The number of hydrogen-bond donors (Lipinski definition) is 1. The minimum atomic E-state index is 0.367. The van der Waals surface area contributed by atoms with Crippen LogP contribution in [0.4, 0.5) is 0 Å². The minimum absolute atomic E-state index is 0.367. The summed E-state index contributed by atoms with van der Waals surface area (Å²) in [7, 11) is 2.15. The summed E-state index contributed by atoms with van der Waals surface area (Å²) in [6, 6.07) is 4.00. The molecular formula is C12H17N3S. The van der Waals surface area contributed by atoms with E-state index in [9.17, 15) is 0 Å². The number of rotatable bonds is 5. The third-order valence-corrected chi connectivity index (χ3v) is 3.01. The van der Waals surface area contributed by atoms with E-state index in [2.05, 4.69) is 16.9 Å². The van der Waals surface area contributed by atoms with E-state index in [-0.39, 0.29) is 0 Å². The molecule has 1 saturated carbocycles. The average molecular weight is 235 g/mol. The molecule has 0 amide bonds. The van der Waals surface area contributed by atoms with Crippen LogP contribution < -0.4 is 5.73 Å². The van der Waals surface area contributed by atoms with Gasteiger partial charge in [0.2, 0.25) is 0 Å². The first-order chi connectivity index (χ1) is 7.65. The number of hydrogen-bond acceptors (Lipinski definition) is 3. The summed E-state index contributed by atoms with van der Waals surface area (Å²) in [6.45, 7) is 2.12. The van der Waals surface area contributed by atoms with Crippen LogP contribution in [-0.4, -0.2) is 28.5 Å².